The number of carbonyl (C=O) groups is 1. The molecule has 21 heavy (non-hydrogen) atoms. The van der Waals surface area contributed by atoms with E-state index in [1.165, 1.54) is 0 Å². The van der Waals surface area contributed by atoms with Crippen LogP contribution in [0.15, 0.2) is 35.4 Å². The van der Waals surface area contributed by atoms with Gasteiger partial charge in [-0.05, 0) is 51.1 Å². The molecule has 1 aromatic heterocycles. The minimum absolute atomic E-state index is 0.544. The van der Waals surface area contributed by atoms with Crippen LogP contribution in [0.25, 0.3) is 5.69 Å². The van der Waals surface area contributed by atoms with Gasteiger partial charge in [-0.2, -0.15) is 5.10 Å². The number of aromatic nitrogens is 1. The molecule has 0 radical (unpaired) electrons. The first kappa shape index (κ1) is 14.8. The molecule has 0 spiro atoms. The third-order valence-electron chi connectivity index (χ3n) is 3.21. The highest BCUT2D eigenvalue weighted by Crippen LogP contribution is 2.22. The van der Waals surface area contributed by atoms with Crippen LogP contribution in [0.4, 0.5) is 0 Å². The lowest BCUT2D eigenvalue weighted by molar-refractivity contribution is -0.109. The van der Waals surface area contributed by atoms with Gasteiger partial charge in [0.25, 0.3) is 0 Å². The summed E-state index contributed by atoms with van der Waals surface area (Å²) in [7, 11) is 0. The van der Waals surface area contributed by atoms with Crippen LogP contribution in [0.3, 0.4) is 0 Å². The molecule has 0 fully saturated rings. The Kier molecular flexibility index (Phi) is 4.77. The highest BCUT2D eigenvalue weighted by molar-refractivity contribution is 5.82. The summed E-state index contributed by atoms with van der Waals surface area (Å²) in [6.07, 6.45) is 2.18. The Balaban J connectivity index is 2.33. The topological polar surface area (TPSA) is 55.6 Å². The van der Waals surface area contributed by atoms with Crippen molar-refractivity contribution < 1.29 is 9.53 Å². The number of hydrogen-bond donors (Lipinski definition) is 1. The van der Waals surface area contributed by atoms with E-state index in [9.17, 15) is 4.79 Å². The standard InChI is InChI=1S/C16H19N3O2/c1-4-21-16-7-5-15(6-8-16)19-12(2)9-14(13(19)3)10-17-18-11-20/h5-11H,4H2,1-3H3,(H,18,20). The number of ether oxygens (including phenoxy) is 1. The van der Waals surface area contributed by atoms with Crippen LogP contribution in [0.5, 0.6) is 5.75 Å². The van der Waals surface area contributed by atoms with Gasteiger partial charge in [0.05, 0.1) is 12.8 Å². The molecule has 0 aliphatic heterocycles. The number of aryl methyl sites for hydroxylation is 1. The summed E-state index contributed by atoms with van der Waals surface area (Å²) in [6, 6.07) is 9.99. The summed E-state index contributed by atoms with van der Waals surface area (Å²) in [6.45, 7) is 6.68. The molecule has 0 bridgehead atoms. The maximum atomic E-state index is 10.2. The van der Waals surface area contributed by atoms with Crippen LogP contribution < -0.4 is 10.2 Å². The summed E-state index contributed by atoms with van der Waals surface area (Å²) < 4.78 is 7.59. The van der Waals surface area contributed by atoms with Crippen molar-refractivity contribution in [2.24, 2.45) is 5.10 Å². The molecule has 0 atom stereocenters. The monoisotopic (exact) mass is 285 g/mol. The van der Waals surface area contributed by atoms with E-state index in [1.807, 2.05) is 51.1 Å². The average Bonchev–Trinajstić information content (AvgIpc) is 2.75. The van der Waals surface area contributed by atoms with Gasteiger partial charge in [-0.1, -0.05) is 0 Å². The van der Waals surface area contributed by atoms with E-state index in [4.69, 9.17) is 4.74 Å². The zero-order valence-electron chi connectivity index (χ0n) is 12.5. The molecule has 0 saturated carbocycles. The van der Waals surface area contributed by atoms with Crippen molar-refractivity contribution in [1.82, 2.24) is 9.99 Å². The first-order valence-electron chi connectivity index (χ1n) is 6.81. The van der Waals surface area contributed by atoms with Crippen molar-refractivity contribution in [3.05, 3.63) is 47.3 Å². The van der Waals surface area contributed by atoms with Crippen molar-refractivity contribution >= 4 is 12.6 Å². The molecule has 5 heteroatoms. The highest BCUT2D eigenvalue weighted by atomic mass is 16.5. The van der Waals surface area contributed by atoms with Gasteiger partial charge in [0.1, 0.15) is 5.75 Å². The number of amides is 1. The summed E-state index contributed by atoms with van der Waals surface area (Å²) in [4.78, 5) is 10.2. The Morgan fingerprint density at radius 3 is 2.62 bits per heavy atom. The van der Waals surface area contributed by atoms with Crippen molar-refractivity contribution in [3.8, 4) is 11.4 Å². The Hall–Kier alpha value is -2.56. The van der Waals surface area contributed by atoms with Gasteiger partial charge in [-0.15, -0.1) is 0 Å². The minimum Gasteiger partial charge on any atom is -0.494 e. The predicted molar refractivity (Wildman–Crippen MR) is 83.2 cm³/mol. The Labute approximate surface area is 124 Å². The van der Waals surface area contributed by atoms with Crippen molar-refractivity contribution in [2.75, 3.05) is 6.61 Å². The predicted octanol–water partition coefficient (Wildman–Crippen LogP) is 2.57. The zero-order valence-corrected chi connectivity index (χ0v) is 12.5. The molecule has 1 aromatic carbocycles. The Morgan fingerprint density at radius 1 is 1.29 bits per heavy atom. The number of nitrogens with zero attached hydrogens (tertiary/aromatic N) is 2. The number of hydrazone groups is 1. The number of benzene rings is 1. The van der Waals surface area contributed by atoms with Gasteiger partial charge < -0.3 is 9.30 Å². The first-order chi connectivity index (χ1) is 10.2. The lowest BCUT2D eigenvalue weighted by atomic mass is 10.2. The smallest absolute Gasteiger partial charge is 0.227 e. The molecule has 1 heterocycles. The van der Waals surface area contributed by atoms with Crippen LogP contribution in [0, 0.1) is 13.8 Å². The minimum atomic E-state index is 0.544. The molecule has 2 aromatic rings. The third kappa shape index (κ3) is 3.31. The summed E-state index contributed by atoms with van der Waals surface area (Å²) in [5.74, 6) is 0.862. The molecular formula is C16H19N3O2. The van der Waals surface area contributed by atoms with E-state index in [-0.39, 0.29) is 0 Å². The molecule has 0 aliphatic rings. The Bertz CT molecular complexity index is 642. The summed E-state index contributed by atoms with van der Waals surface area (Å²) in [5, 5.41) is 3.83. The normalized spacial score (nSPS) is 10.8. The second kappa shape index (κ2) is 6.74. The molecule has 0 unspecified atom stereocenters. The third-order valence-corrected chi connectivity index (χ3v) is 3.21. The van der Waals surface area contributed by atoms with Gasteiger partial charge >= 0.3 is 0 Å². The fourth-order valence-electron chi connectivity index (χ4n) is 2.31. The molecule has 2 rings (SSSR count). The fourth-order valence-corrected chi connectivity index (χ4v) is 2.31. The van der Waals surface area contributed by atoms with Crippen molar-refractivity contribution in [3.63, 3.8) is 0 Å². The van der Waals surface area contributed by atoms with Gasteiger partial charge in [0, 0.05) is 22.6 Å². The van der Waals surface area contributed by atoms with Crippen LogP contribution >= 0.6 is 0 Å². The van der Waals surface area contributed by atoms with Crippen molar-refractivity contribution in [2.45, 2.75) is 20.8 Å². The van der Waals surface area contributed by atoms with E-state index >= 15 is 0 Å². The van der Waals surface area contributed by atoms with Crippen LogP contribution in [0.2, 0.25) is 0 Å². The SMILES string of the molecule is CCOc1ccc(-n2c(C)cc(C=NNC=O)c2C)cc1. The number of nitrogens with one attached hydrogen (secondary N) is 1. The average molecular weight is 285 g/mol. The largest absolute Gasteiger partial charge is 0.494 e. The molecule has 1 N–H and O–H groups in total. The van der Waals surface area contributed by atoms with E-state index in [0.717, 1.165) is 28.4 Å². The van der Waals surface area contributed by atoms with Crippen LogP contribution in [0.1, 0.15) is 23.9 Å². The molecule has 0 aliphatic carbocycles. The van der Waals surface area contributed by atoms with E-state index in [1.54, 1.807) is 6.21 Å². The van der Waals surface area contributed by atoms with Crippen LogP contribution in [-0.4, -0.2) is 23.8 Å². The van der Waals surface area contributed by atoms with E-state index in [0.29, 0.717) is 13.0 Å². The molecule has 0 saturated heterocycles. The highest BCUT2D eigenvalue weighted by Gasteiger charge is 2.09. The first-order valence-corrected chi connectivity index (χ1v) is 6.81. The molecule has 5 nitrogen and oxygen atoms in total. The van der Waals surface area contributed by atoms with Gasteiger partial charge in [0.15, 0.2) is 0 Å². The number of hydrogen-bond acceptors (Lipinski definition) is 3. The quantitative estimate of drug-likeness (QED) is 0.504. The second-order valence-electron chi connectivity index (χ2n) is 4.59. The zero-order chi connectivity index (χ0) is 15.2. The van der Waals surface area contributed by atoms with Gasteiger partial charge in [0.2, 0.25) is 6.41 Å². The van der Waals surface area contributed by atoms with E-state index in [2.05, 4.69) is 15.1 Å². The number of carbonyl (C=O) groups excluding carboxylic acids is 1. The van der Waals surface area contributed by atoms with E-state index < -0.39 is 0 Å². The second-order valence-corrected chi connectivity index (χ2v) is 4.59. The van der Waals surface area contributed by atoms with Crippen LogP contribution in [-0.2, 0) is 4.79 Å². The maximum Gasteiger partial charge on any atom is 0.227 e. The van der Waals surface area contributed by atoms with Gasteiger partial charge in [-0.3, -0.25) is 4.79 Å². The number of rotatable bonds is 6. The summed E-state index contributed by atoms with van der Waals surface area (Å²) >= 11 is 0. The van der Waals surface area contributed by atoms with Crippen molar-refractivity contribution in [1.29, 1.82) is 0 Å². The molecule has 1 amide bonds. The molecular weight excluding hydrogens is 266 g/mol. The fraction of sp³-hybridized carbons (Fsp3) is 0.250. The lowest BCUT2D eigenvalue weighted by Gasteiger charge is -2.10. The molecule has 110 valence electrons. The summed E-state index contributed by atoms with van der Waals surface area (Å²) in [5.41, 5.74) is 6.48. The lowest BCUT2D eigenvalue weighted by Crippen LogP contribution is -2.02. The van der Waals surface area contributed by atoms with Gasteiger partial charge in [-0.25, -0.2) is 5.43 Å². The maximum absolute atomic E-state index is 10.2. The Morgan fingerprint density at radius 2 is 2.00 bits per heavy atom.